The van der Waals surface area contributed by atoms with Crippen LogP contribution in [0.25, 0.3) is 0 Å². The monoisotopic (exact) mass is 277 g/mol. The van der Waals surface area contributed by atoms with Gasteiger partial charge >= 0.3 is 0 Å². The fraction of sp³-hybridized carbons (Fsp3) is 0.231. The molecule has 0 unspecified atom stereocenters. The molecular formula is C13H15N3O2S. The highest BCUT2D eigenvalue weighted by molar-refractivity contribution is 7.09. The standard InChI is InChI=1S/C13H15N3O2S/c1-9(17)16-12-4-3-10(5-13(12)18-2)15-7-11-6-14-8-19-11/h3-6,8,15H,7H2,1-2H3,(H,16,17). The van der Waals surface area contributed by atoms with Crippen LogP contribution in [-0.4, -0.2) is 18.0 Å². The summed E-state index contributed by atoms with van der Waals surface area (Å²) in [5.74, 6) is 0.508. The van der Waals surface area contributed by atoms with Crippen molar-refractivity contribution in [2.75, 3.05) is 17.7 Å². The van der Waals surface area contributed by atoms with Crippen LogP contribution in [0.4, 0.5) is 11.4 Å². The molecule has 0 aliphatic rings. The summed E-state index contributed by atoms with van der Waals surface area (Å²) in [6.45, 7) is 2.18. The first kappa shape index (κ1) is 13.4. The lowest BCUT2D eigenvalue weighted by Crippen LogP contribution is -2.07. The summed E-state index contributed by atoms with van der Waals surface area (Å²) in [5, 5.41) is 6.00. The fourth-order valence-corrected chi connectivity index (χ4v) is 2.15. The number of ether oxygens (including phenoxy) is 1. The fourth-order valence-electron chi connectivity index (χ4n) is 1.61. The Morgan fingerprint density at radius 1 is 1.47 bits per heavy atom. The van der Waals surface area contributed by atoms with Gasteiger partial charge in [0.15, 0.2) is 0 Å². The van der Waals surface area contributed by atoms with Crippen LogP contribution in [0.3, 0.4) is 0 Å². The summed E-state index contributed by atoms with van der Waals surface area (Å²) in [4.78, 5) is 16.2. The van der Waals surface area contributed by atoms with Gasteiger partial charge in [-0.2, -0.15) is 0 Å². The minimum absolute atomic E-state index is 0.122. The molecule has 1 heterocycles. The molecule has 0 saturated carbocycles. The SMILES string of the molecule is COc1cc(NCc2cncs2)ccc1NC(C)=O. The summed E-state index contributed by atoms with van der Waals surface area (Å²) in [7, 11) is 1.58. The van der Waals surface area contributed by atoms with Gasteiger partial charge in [-0.05, 0) is 12.1 Å². The van der Waals surface area contributed by atoms with Crippen LogP contribution < -0.4 is 15.4 Å². The molecule has 5 nitrogen and oxygen atoms in total. The van der Waals surface area contributed by atoms with Crippen molar-refractivity contribution in [3.63, 3.8) is 0 Å². The molecule has 1 aromatic heterocycles. The maximum absolute atomic E-state index is 11.1. The molecule has 0 saturated heterocycles. The van der Waals surface area contributed by atoms with Crippen LogP contribution in [0.2, 0.25) is 0 Å². The van der Waals surface area contributed by atoms with Gasteiger partial charge in [-0.15, -0.1) is 11.3 Å². The normalized spacial score (nSPS) is 10.0. The molecule has 2 N–H and O–H groups in total. The molecule has 19 heavy (non-hydrogen) atoms. The number of anilines is 2. The van der Waals surface area contributed by atoms with E-state index < -0.39 is 0 Å². The van der Waals surface area contributed by atoms with Crippen molar-refractivity contribution in [3.05, 3.63) is 34.8 Å². The third-order valence-electron chi connectivity index (χ3n) is 2.46. The van der Waals surface area contributed by atoms with Gasteiger partial charge in [0.05, 0.1) is 24.9 Å². The molecule has 0 spiro atoms. The zero-order chi connectivity index (χ0) is 13.7. The highest BCUT2D eigenvalue weighted by Gasteiger charge is 2.06. The van der Waals surface area contributed by atoms with Crippen LogP contribution in [0, 0.1) is 0 Å². The van der Waals surface area contributed by atoms with Crippen molar-refractivity contribution in [2.24, 2.45) is 0 Å². The van der Waals surface area contributed by atoms with E-state index in [9.17, 15) is 4.79 Å². The molecule has 1 aromatic carbocycles. The lowest BCUT2D eigenvalue weighted by molar-refractivity contribution is -0.114. The number of hydrogen-bond acceptors (Lipinski definition) is 5. The summed E-state index contributed by atoms with van der Waals surface area (Å²) in [5.41, 5.74) is 3.40. The highest BCUT2D eigenvalue weighted by atomic mass is 32.1. The zero-order valence-corrected chi connectivity index (χ0v) is 11.6. The Labute approximate surface area is 115 Å². The average Bonchev–Trinajstić information content (AvgIpc) is 2.90. The van der Waals surface area contributed by atoms with E-state index in [1.807, 2.05) is 24.4 Å². The van der Waals surface area contributed by atoms with Gasteiger partial charge in [0.2, 0.25) is 5.91 Å². The number of aromatic nitrogens is 1. The topological polar surface area (TPSA) is 63.2 Å². The lowest BCUT2D eigenvalue weighted by Gasteiger charge is -2.11. The van der Waals surface area contributed by atoms with Crippen LogP contribution in [-0.2, 0) is 11.3 Å². The Balaban J connectivity index is 2.07. The van der Waals surface area contributed by atoms with Crippen LogP contribution in [0.1, 0.15) is 11.8 Å². The minimum atomic E-state index is -0.122. The largest absolute Gasteiger partial charge is 0.494 e. The maximum Gasteiger partial charge on any atom is 0.221 e. The number of amides is 1. The molecule has 0 bridgehead atoms. The molecule has 6 heteroatoms. The molecular weight excluding hydrogens is 262 g/mol. The Morgan fingerprint density at radius 3 is 2.95 bits per heavy atom. The molecule has 0 aliphatic carbocycles. The first-order valence-corrected chi connectivity index (χ1v) is 6.64. The van der Waals surface area contributed by atoms with Gasteiger partial charge in [0.25, 0.3) is 0 Å². The zero-order valence-electron chi connectivity index (χ0n) is 10.8. The van der Waals surface area contributed by atoms with E-state index in [1.54, 1.807) is 24.0 Å². The molecule has 0 aliphatic heterocycles. The number of rotatable bonds is 5. The Morgan fingerprint density at radius 2 is 2.32 bits per heavy atom. The van der Waals surface area contributed by atoms with Gasteiger partial charge in [-0.3, -0.25) is 9.78 Å². The molecule has 2 rings (SSSR count). The Hall–Kier alpha value is -2.08. The number of carbonyl (C=O) groups is 1. The van der Waals surface area contributed by atoms with Crippen molar-refractivity contribution in [1.82, 2.24) is 4.98 Å². The van der Waals surface area contributed by atoms with Gasteiger partial charge in [-0.1, -0.05) is 0 Å². The van der Waals surface area contributed by atoms with E-state index in [1.165, 1.54) is 6.92 Å². The number of thiazole rings is 1. The third-order valence-corrected chi connectivity index (χ3v) is 3.24. The van der Waals surface area contributed by atoms with Crippen molar-refractivity contribution in [1.29, 1.82) is 0 Å². The second-order valence-corrected chi connectivity index (χ2v) is 4.89. The lowest BCUT2D eigenvalue weighted by atomic mass is 10.2. The second kappa shape index (κ2) is 6.19. The number of nitrogens with zero attached hydrogens (tertiary/aromatic N) is 1. The van der Waals surface area contributed by atoms with Gasteiger partial charge in [0, 0.05) is 29.8 Å². The first-order chi connectivity index (χ1) is 9.19. The van der Waals surface area contributed by atoms with Crippen molar-refractivity contribution >= 4 is 28.6 Å². The predicted molar refractivity (Wildman–Crippen MR) is 76.7 cm³/mol. The molecule has 0 radical (unpaired) electrons. The van der Waals surface area contributed by atoms with Gasteiger partial charge in [0.1, 0.15) is 5.75 Å². The van der Waals surface area contributed by atoms with Crippen molar-refractivity contribution < 1.29 is 9.53 Å². The molecule has 1 amide bonds. The van der Waals surface area contributed by atoms with Crippen molar-refractivity contribution in [3.8, 4) is 5.75 Å². The molecule has 100 valence electrons. The van der Waals surface area contributed by atoms with E-state index in [4.69, 9.17) is 4.74 Å². The van der Waals surface area contributed by atoms with Crippen LogP contribution >= 0.6 is 11.3 Å². The Bertz CT molecular complexity index is 555. The van der Waals surface area contributed by atoms with Gasteiger partial charge < -0.3 is 15.4 Å². The average molecular weight is 277 g/mol. The molecule has 0 atom stereocenters. The summed E-state index contributed by atoms with van der Waals surface area (Å²) >= 11 is 1.60. The van der Waals surface area contributed by atoms with E-state index in [0.717, 1.165) is 10.6 Å². The van der Waals surface area contributed by atoms with E-state index in [-0.39, 0.29) is 5.91 Å². The van der Waals surface area contributed by atoms with Crippen LogP contribution in [0.15, 0.2) is 29.9 Å². The third kappa shape index (κ3) is 3.69. The predicted octanol–water partition coefficient (Wildman–Crippen LogP) is 2.72. The van der Waals surface area contributed by atoms with E-state index in [0.29, 0.717) is 18.0 Å². The summed E-state index contributed by atoms with van der Waals surface area (Å²) in [6.07, 6.45) is 1.83. The molecule has 0 fully saturated rings. The number of nitrogens with one attached hydrogen (secondary N) is 2. The number of carbonyl (C=O) groups excluding carboxylic acids is 1. The maximum atomic E-state index is 11.1. The minimum Gasteiger partial charge on any atom is -0.494 e. The molecule has 2 aromatic rings. The van der Waals surface area contributed by atoms with Crippen LogP contribution in [0.5, 0.6) is 5.75 Å². The quantitative estimate of drug-likeness (QED) is 0.882. The number of methoxy groups -OCH3 is 1. The van der Waals surface area contributed by atoms with Crippen molar-refractivity contribution in [2.45, 2.75) is 13.5 Å². The van der Waals surface area contributed by atoms with Gasteiger partial charge in [-0.25, -0.2) is 0 Å². The highest BCUT2D eigenvalue weighted by Crippen LogP contribution is 2.28. The number of benzene rings is 1. The Kier molecular flexibility index (Phi) is 4.35. The second-order valence-electron chi connectivity index (χ2n) is 3.92. The van der Waals surface area contributed by atoms with E-state index in [2.05, 4.69) is 15.6 Å². The van der Waals surface area contributed by atoms with E-state index >= 15 is 0 Å². The summed E-state index contributed by atoms with van der Waals surface area (Å²) in [6, 6.07) is 5.57. The first-order valence-electron chi connectivity index (χ1n) is 5.76. The summed E-state index contributed by atoms with van der Waals surface area (Å²) < 4.78 is 5.26. The smallest absolute Gasteiger partial charge is 0.221 e. The number of hydrogen-bond donors (Lipinski definition) is 2.